The van der Waals surface area contributed by atoms with Crippen LogP contribution in [0.2, 0.25) is 0 Å². The fourth-order valence-electron chi connectivity index (χ4n) is 2.41. The van der Waals surface area contributed by atoms with Gasteiger partial charge in [-0.2, -0.15) is 0 Å². The van der Waals surface area contributed by atoms with E-state index in [9.17, 15) is 9.59 Å². The molecular weight excluding hydrogens is 270 g/mol. The summed E-state index contributed by atoms with van der Waals surface area (Å²) in [7, 11) is 0. The van der Waals surface area contributed by atoms with Gasteiger partial charge in [0.1, 0.15) is 6.61 Å². The Labute approximate surface area is 127 Å². The first-order valence-corrected chi connectivity index (χ1v) is 8.17. The van der Waals surface area contributed by atoms with E-state index in [0.29, 0.717) is 19.1 Å². The molecule has 0 aromatic rings. The van der Waals surface area contributed by atoms with Crippen molar-refractivity contribution in [3.05, 3.63) is 0 Å². The lowest BCUT2D eigenvalue weighted by Gasteiger charge is -2.22. The number of amides is 3. The Morgan fingerprint density at radius 2 is 1.81 bits per heavy atom. The van der Waals surface area contributed by atoms with Crippen LogP contribution in [0, 0.1) is 0 Å². The molecule has 1 aliphatic carbocycles. The molecule has 1 rings (SSSR count). The van der Waals surface area contributed by atoms with E-state index in [1.54, 1.807) is 0 Å². The molecule has 122 valence electrons. The van der Waals surface area contributed by atoms with Crippen molar-refractivity contribution in [3.63, 3.8) is 0 Å². The van der Waals surface area contributed by atoms with Crippen molar-refractivity contribution in [1.29, 1.82) is 0 Å². The van der Waals surface area contributed by atoms with Crippen molar-refractivity contribution in [2.45, 2.75) is 64.3 Å². The third-order valence-corrected chi connectivity index (χ3v) is 3.61. The number of hydrogen-bond acceptors (Lipinski definition) is 3. The fourth-order valence-corrected chi connectivity index (χ4v) is 2.41. The number of rotatable bonds is 8. The molecule has 3 amide bonds. The SMILES string of the molecule is CCCCCNC(=O)OCCNC(=O)NC1CCCCC1. The lowest BCUT2D eigenvalue weighted by Crippen LogP contribution is -2.44. The molecule has 0 radical (unpaired) electrons. The van der Waals surface area contributed by atoms with Gasteiger partial charge in [0.25, 0.3) is 0 Å². The van der Waals surface area contributed by atoms with Crippen LogP contribution < -0.4 is 16.0 Å². The summed E-state index contributed by atoms with van der Waals surface area (Å²) in [4.78, 5) is 22.9. The molecule has 0 saturated heterocycles. The fraction of sp³-hybridized carbons (Fsp3) is 0.867. The molecule has 1 saturated carbocycles. The van der Waals surface area contributed by atoms with E-state index in [-0.39, 0.29) is 12.6 Å². The Morgan fingerprint density at radius 1 is 1.05 bits per heavy atom. The maximum Gasteiger partial charge on any atom is 0.407 e. The maximum atomic E-state index is 11.6. The average Bonchev–Trinajstić information content (AvgIpc) is 2.49. The van der Waals surface area contributed by atoms with Crippen LogP contribution in [0.25, 0.3) is 0 Å². The molecule has 3 N–H and O–H groups in total. The summed E-state index contributed by atoms with van der Waals surface area (Å²) < 4.78 is 4.97. The quantitative estimate of drug-likeness (QED) is 0.603. The van der Waals surface area contributed by atoms with Crippen molar-refractivity contribution in [1.82, 2.24) is 16.0 Å². The third-order valence-electron chi connectivity index (χ3n) is 3.61. The molecular formula is C15H29N3O3. The highest BCUT2D eigenvalue weighted by Crippen LogP contribution is 2.16. The van der Waals surface area contributed by atoms with Crippen molar-refractivity contribution >= 4 is 12.1 Å². The van der Waals surface area contributed by atoms with Gasteiger partial charge < -0.3 is 20.7 Å². The molecule has 6 nitrogen and oxygen atoms in total. The summed E-state index contributed by atoms with van der Waals surface area (Å²) in [5.41, 5.74) is 0. The lowest BCUT2D eigenvalue weighted by atomic mass is 9.96. The Hall–Kier alpha value is -1.46. The minimum Gasteiger partial charge on any atom is -0.448 e. The van der Waals surface area contributed by atoms with E-state index < -0.39 is 6.09 Å². The molecule has 0 aromatic heterocycles. The van der Waals surface area contributed by atoms with Gasteiger partial charge in [-0.25, -0.2) is 9.59 Å². The van der Waals surface area contributed by atoms with Gasteiger partial charge in [0, 0.05) is 12.6 Å². The Bertz CT molecular complexity index is 305. The number of ether oxygens (including phenoxy) is 1. The van der Waals surface area contributed by atoms with Gasteiger partial charge in [0.05, 0.1) is 6.54 Å². The van der Waals surface area contributed by atoms with Crippen molar-refractivity contribution < 1.29 is 14.3 Å². The second-order valence-corrected chi connectivity index (χ2v) is 5.50. The Kier molecular flexibility index (Phi) is 9.40. The highest BCUT2D eigenvalue weighted by Gasteiger charge is 2.15. The molecule has 0 heterocycles. The number of alkyl carbamates (subject to hydrolysis) is 1. The van der Waals surface area contributed by atoms with E-state index in [2.05, 4.69) is 22.9 Å². The van der Waals surface area contributed by atoms with Gasteiger partial charge in [0.15, 0.2) is 0 Å². The summed E-state index contributed by atoms with van der Waals surface area (Å²) in [6, 6.07) is 0.121. The van der Waals surface area contributed by atoms with Crippen LogP contribution >= 0.6 is 0 Å². The molecule has 0 atom stereocenters. The average molecular weight is 299 g/mol. The summed E-state index contributed by atoms with van der Waals surface area (Å²) in [5.74, 6) is 0. The maximum absolute atomic E-state index is 11.6. The van der Waals surface area contributed by atoms with Crippen LogP contribution in [-0.2, 0) is 4.74 Å². The minimum absolute atomic E-state index is 0.172. The van der Waals surface area contributed by atoms with Crippen molar-refractivity contribution in [3.8, 4) is 0 Å². The zero-order chi connectivity index (χ0) is 15.3. The lowest BCUT2D eigenvalue weighted by molar-refractivity contribution is 0.146. The first kappa shape index (κ1) is 17.6. The Morgan fingerprint density at radius 3 is 2.52 bits per heavy atom. The Balaban J connectivity index is 1.95. The summed E-state index contributed by atoms with van der Waals surface area (Å²) in [6.45, 7) is 3.28. The molecule has 0 unspecified atom stereocenters. The predicted octanol–water partition coefficient (Wildman–Crippen LogP) is 2.53. The molecule has 0 spiro atoms. The van der Waals surface area contributed by atoms with Crippen LogP contribution in [0.3, 0.4) is 0 Å². The zero-order valence-corrected chi connectivity index (χ0v) is 13.1. The summed E-state index contributed by atoms with van der Waals surface area (Å²) in [6.07, 6.45) is 8.53. The molecule has 6 heteroatoms. The zero-order valence-electron chi connectivity index (χ0n) is 13.1. The first-order valence-electron chi connectivity index (χ1n) is 8.17. The minimum atomic E-state index is -0.416. The molecule has 1 aliphatic rings. The summed E-state index contributed by atoms with van der Waals surface area (Å²) >= 11 is 0. The highest BCUT2D eigenvalue weighted by atomic mass is 16.5. The van der Waals surface area contributed by atoms with E-state index in [0.717, 1.165) is 32.1 Å². The predicted molar refractivity (Wildman–Crippen MR) is 82.3 cm³/mol. The van der Waals surface area contributed by atoms with Gasteiger partial charge >= 0.3 is 12.1 Å². The van der Waals surface area contributed by atoms with Gasteiger partial charge in [-0.05, 0) is 19.3 Å². The topological polar surface area (TPSA) is 79.5 Å². The largest absolute Gasteiger partial charge is 0.448 e. The van der Waals surface area contributed by atoms with Crippen LogP contribution in [0.5, 0.6) is 0 Å². The van der Waals surface area contributed by atoms with Gasteiger partial charge in [-0.1, -0.05) is 39.0 Å². The second-order valence-electron chi connectivity index (χ2n) is 5.50. The number of hydrogen-bond donors (Lipinski definition) is 3. The number of carbonyl (C=O) groups is 2. The van der Waals surface area contributed by atoms with E-state index in [4.69, 9.17) is 4.74 Å². The van der Waals surface area contributed by atoms with Gasteiger partial charge in [-0.3, -0.25) is 0 Å². The smallest absolute Gasteiger partial charge is 0.407 e. The number of carbonyl (C=O) groups excluding carboxylic acids is 2. The van der Waals surface area contributed by atoms with E-state index in [1.165, 1.54) is 19.3 Å². The molecule has 21 heavy (non-hydrogen) atoms. The van der Waals surface area contributed by atoms with Crippen LogP contribution in [0.4, 0.5) is 9.59 Å². The van der Waals surface area contributed by atoms with E-state index >= 15 is 0 Å². The normalized spacial score (nSPS) is 15.3. The van der Waals surface area contributed by atoms with Gasteiger partial charge in [0.2, 0.25) is 0 Å². The molecule has 0 aliphatic heterocycles. The monoisotopic (exact) mass is 299 g/mol. The number of nitrogens with one attached hydrogen (secondary N) is 3. The molecule has 0 aromatic carbocycles. The van der Waals surface area contributed by atoms with Crippen LogP contribution in [0.15, 0.2) is 0 Å². The van der Waals surface area contributed by atoms with Gasteiger partial charge in [-0.15, -0.1) is 0 Å². The standard InChI is InChI=1S/C15H29N3O3/c1-2-3-7-10-17-15(20)21-12-11-16-14(19)18-13-8-5-4-6-9-13/h13H,2-12H2,1H3,(H,17,20)(H2,16,18,19). The first-order chi connectivity index (χ1) is 10.2. The van der Waals surface area contributed by atoms with Crippen LogP contribution in [0.1, 0.15) is 58.3 Å². The molecule has 0 bridgehead atoms. The van der Waals surface area contributed by atoms with E-state index in [1.807, 2.05) is 0 Å². The van der Waals surface area contributed by atoms with Crippen LogP contribution in [-0.4, -0.2) is 37.9 Å². The van der Waals surface area contributed by atoms with Crippen molar-refractivity contribution in [2.24, 2.45) is 0 Å². The molecule has 1 fully saturated rings. The number of urea groups is 1. The third kappa shape index (κ3) is 9.15. The number of unbranched alkanes of at least 4 members (excludes halogenated alkanes) is 2. The highest BCUT2D eigenvalue weighted by molar-refractivity contribution is 5.74. The van der Waals surface area contributed by atoms with Crippen molar-refractivity contribution in [2.75, 3.05) is 19.7 Å². The second kappa shape index (κ2) is 11.2. The summed E-state index contributed by atoms with van der Waals surface area (Å²) in [5, 5.41) is 8.34.